The molecule has 0 radical (unpaired) electrons. The van der Waals surface area contributed by atoms with Crippen LogP contribution >= 0.6 is 11.6 Å². The number of rotatable bonds is 5. The topological polar surface area (TPSA) is 30.9 Å². The highest BCUT2D eigenvalue weighted by Crippen LogP contribution is 2.19. The number of hydrogen-bond acceptors (Lipinski definition) is 1. The van der Waals surface area contributed by atoms with Crippen LogP contribution in [0.5, 0.6) is 0 Å². The van der Waals surface area contributed by atoms with E-state index in [0.717, 1.165) is 24.0 Å². The smallest absolute Gasteiger partial charge is 0.141 e. The summed E-state index contributed by atoms with van der Waals surface area (Å²) in [7, 11) is 0. The van der Waals surface area contributed by atoms with Crippen LogP contribution in [0.1, 0.15) is 36.9 Å². The van der Waals surface area contributed by atoms with E-state index in [0.29, 0.717) is 6.54 Å². The molecule has 0 saturated carbocycles. The monoisotopic (exact) mass is 280 g/mol. The zero-order chi connectivity index (χ0) is 13.8. The van der Waals surface area contributed by atoms with E-state index in [1.807, 2.05) is 23.0 Å². The molecule has 2 N–H and O–H groups in total. The predicted molar refractivity (Wildman–Crippen MR) is 76.8 cm³/mol. The molecule has 0 aliphatic carbocycles. The van der Waals surface area contributed by atoms with Crippen molar-refractivity contribution in [3.05, 3.63) is 58.6 Å². The molecule has 102 valence electrons. The van der Waals surface area contributed by atoms with Crippen LogP contribution in [-0.4, -0.2) is 4.57 Å². The fourth-order valence-corrected chi connectivity index (χ4v) is 2.31. The number of aromatic nitrogens is 1. The maximum atomic E-state index is 13.1. The molecule has 4 heteroatoms. The normalized spacial score (nSPS) is 12.6. The Hall–Kier alpha value is -1.32. The molecule has 1 aromatic heterocycles. The van der Waals surface area contributed by atoms with Gasteiger partial charge in [-0.3, -0.25) is 0 Å². The van der Waals surface area contributed by atoms with E-state index in [4.69, 9.17) is 17.3 Å². The third kappa shape index (κ3) is 3.58. The minimum atomic E-state index is -0.386. The van der Waals surface area contributed by atoms with Gasteiger partial charge in [-0.25, -0.2) is 4.39 Å². The third-order valence-electron chi connectivity index (χ3n) is 3.15. The zero-order valence-corrected chi connectivity index (χ0v) is 11.7. The average Bonchev–Trinajstić information content (AvgIpc) is 2.83. The lowest BCUT2D eigenvalue weighted by Crippen LogP contribution is -2.08. The van der Waals surface area contributed by atoms with E-state index in [9.17, 15) is 4.39 Å². The number of nitrogens with two attached hydrogens (primary N) is 1. The van der Waals surface area contributed by atoms with Crippen molar-refractivity contribution in [2.75, 3.05) is 0 Å². The van der Waals surface area contributed by atoms with Gasteiger partial charge in [0.15, 0.2) is 0 Å². The van der Waals surface area contributed by atoms with E-state index < -0.39 is 0 Å². The molecule has 0 spiro atoms. The first-order valence-corrected chi connectivity index (χ1v) is 6.83. The number of hydrogen-bond donors (Lipinski definition) is 1. The summed E-state index contributed by atoms with van der Waals surface area (Å²) in [6, 6.07) is 6.91. The SMILES string of the molecule is CCCC(N)c1ccn(Cc2ccc(F)c(Cl)c2)c1. The Labute approximate surface area is 118 Å². The van der Waals surface area contributed by atoms with Crippen LogP contribution < -0.4 is 5.73 Å². The molecule has 0 amide bonds. The first-order valence-electron chi connectivity index (χ1n) is 6.45. The first-order chi connectivity index (χ1) is 9.10. The second kappa shape index (κ2) is 6.22. The third-order valence-corrected chi connectivity index (χ3v) is 3.44. The molecule has 0 aliphatic heterocycles. The molecule has 2 aromatic rings. The average molecular weight is 281 g/mol. The van der Waals surface area contributed by atoms with Crippen LogP contribution in [0.4, 0.5) is 4.39 Å². The molecule has 0 fully saturated rings. The van der Waals surface area contributed by atoms with Gasteiger partial charge in [-0.15, -0.1) is 0 Å². The van der Waals surface area contributed by atoms with Crippen molar-refractivity contribution in [2.45, 2.75) is 32.4 Å². The minimum absolute atomic E-state index is 0.0862. The highest BCUT2D eigenvalue weighted by molar-refractivity contribution is 6.30. The van der Waals surface area contributed by atoms with Gasteiger partial charge in [0, 0.05) is 25.0 Å². The van der Waals surface area contributed by atoms with Gasteiger partial charge in [0.1, 0.15) is 5.82 Å². The minimum Gasteiger partial charge on any atom is -0.350 e. The molecule has 1 aromatic carbocycles. The van der Waals surface area contributed by atoms with Crippen LogP contribution in [0.3, 0.4) is 0 Å². The van der Waals surface area contributed by atoms with Crippen molar-refractivity contribution in [2.24, 2.45) is 5.73 Å². The fraction of sp³-hybridized carbons (Fsp3) is 0.333. The largest absolute Gasteiger partial charge is 0.350 e. The summed E-state index contributed by atoms with van der Waals surface area (Å²) in [6.07, 6.45) is 6.08. The van der Waals surface area contributed by atoms with Gasteiger partial charge in [-0.05, 0) is 35.7 Å². The number of halogens is 2. The Morgan fingerprint density at radius 1 is 1.37 bits per heavy atom. The maximum Gasteiger partial charge on any atom is 0.141 e. The van der Waals surface area contributed by atoms with Gasteiger partial charge in [0.2, 0.25) is 0 Å². The second-order valence-electron chi connectivity index (χ2n) is 4.76. The summed E-state index contributed by atoms with van der Waals surface area (Å²) in [6.45, 7) is 2.79. The molecule has 0 aliphatic rings. The summed E-state index contributed by atoms with van der Waals surface area (Å²) in [5.41, 5.74) is 8.18. The molecule has 0 saturated heterocycles. The molecule has 19 heavy (non-hydrogen) atoms. The van der Waals surface area contributed by atoms with E-state index in [1.54, 1.807) is 12.1 Å². The van der Waals surface area contributed by atoms with Crippen LogP contribution in [0.25, 0.3) is 0 Å². The Balaban J connectivity index is 2.09. The lowest BCUT2D eigenvalue weighted by Gasteiger charge is -2.08. The summed E-state index contributed by atoms with van der Waals surface area (Å²) in [5.74, 6) is -0.386. The van der Waals surface area contributed by atoms with E-state index in [1.165, 1.54) is 6.07 Å². The van der Waals surface area contributed by atoms with Crippen molar-refractivity contribution in [1.82, 2.24) is 4.57 Å². The van der Waals surface area contributed by atoms with Crippen molar-refractivity contribution in [3.63, 3.8) is 0 Å². The van der Waals surface area contributed by atoms with E-state index in [2.05, 4.69) is 6.92 Å². The van der Waals surface area contributed by atoms with Gasteiger partial charge in [-0.1, -0.05) is 31.0 Å². The van der Waals surface area contributed by atoms with Crippen LogP contribution in [0.2, 0.25) is 5.02 Å². The summed E-state index contributed by atoms with van der Waals surface area (Å²) in [4.78, 5) is 0. The standard InChI is InChI=1S/C15H18ClFN2/c1-2-3-15(18)12-6-7-19(10-12)9-11-4-5-14(17)13(16)8-11/h4-8,10,15H,2-3,9,18H2,1H3. The molecule has 1 atom stereocenters. The molecule has 1 heterocycles. The zero-order valence-electron chi connectivity index (χ0n) is 10.9. The second-order valence-corrected chi connectivity index (χ2v) is 5.17. The molecule has 0 bridgehead atoms. The van der Waals surface area contributed by atoms with Gasteiger partial charge in [0.05, 0.1) is 5.02 Å². The van der Waals surface area contributed by atoms with E-state index >= 15 is 0 Å². The predicted octanol–water partition coefficient (Wildman–Crippen LogP) is 4.13. The van der Waals surface area contributed by atoms with Crippen LogP contribution in [0.15, 0.2) is 36.7 Å². The lowest BCUT2D eigenvalue weighted by atomic mass is 10.1. The van der Waals surface area contributed by atoms with Crippen LogP contribution in [0, 0.1) is 5.82 Å². The van der Waals surface area contributed by atoms with Gasteiger partial charge in [-0.2, -0.15) is 0 Å². The summed E-state index contributed by atoms with van der Waals surface area (Å²) >= 11 is 5.77. The quantitative estimate of drug-likeness (QED) is 0.877. The maximum absolute atomic E-state index is 13.1. The lowest BCUT2D eigenvalue weighted by molar-refractivity contribution is 0.626. The van der Waals surface area contributed by atoms with Crippen molar-refractivity contribution < 1.29 is 4.39 Å². The Morgan fingerprint density at radius 2 is 2.16 bits per heavy atom. The number of benzene rings is 1. The van der Waals surface area contributed by atoms with Crippen molar-refractivity contribution in [3.8, 4) is 0 Å². The van der Waals surface area contributed by atoms with Crippen molar-refractivity contribution in [1.29, 1.82) is 0 Å². The van der Waals surface area contributed by atoms with E-state index in [-0.39, 0.29) is 16.9 Å². The highest BCUT2D eigenvalue weighted by atomic mass is 35.5. The van der Waals surface area contributed by atoms with Gasteiger partial charge in [0.25, 0.3) is 0 Å². The van der Waals surface area contributed by atoms with Gasteiger partial charge < -0.3 is 10.3 Å². The van der Waals surface area contributed by atoms with Crippen molar-refractivity contribution >= 4 is 11.6 Å². The Kier molecular flexibility index (Phi) is 4.61. The Morgan fingerprint density at radius 3 is 2.84 bits per heavy atom. The van der Waals surface area contributed by atoms with Crippen LogP contribution in [-0.2, 0) is 6.54 Å². The molecular weight excluding hydrogens is 263 g/mol. The van der Waals surface area contributed by atoms with Gasteiger partial charge >= 0.3 is 0 Å². The highest BCUT2D eigenvalue weighted by Gasteiger charge is 2.07. The summed E-state index contributed by atoms with van der Waals surface area (Å²) in [5, 5.41) is 0.160. The molecule has 1 unspecified atom stereocenters. The Bertz CT molecular complexity index is 551. The molecule has 2 rings (SSSR count). The summed E-state index contributed by atoms with van der Waals surface area (Å²) < 4.78 is 15.1. The molecule has 2 nitrogen and oxygen atoms in total. The molecular formula is C15H18ClFN2. The fourth-order valence-electron chi connectivity index (χ4n) is 2.10. The first kappa shape index (κ1) is 14.1. The number of nitrogens with zero attached hydrogens (tertiary/aromatic N) is 1.